The van der Waals surface area contributed by atoms with Gasteiger partial charge in [-0.15, -0.1) is 0 Å². The van der Waals surface area contributed by atoms with Gasteiger partial charge in [0.2, 0.25) is 0 Å². The SMILES string of the molecule is C=C/C=C(\C[C@H](N)CN1C(=O)c2ccccc2C1=O)[C@H](CC)C(F)(F)F. The molecule has 0 fully saturated rings. The Morgan fingerprint density at radius 3 is 2.19 bits per heavy atom. The maximum atomic E-state index is 13.2. The zero-order chi connectivity index (χ0) is 19.5. The summed E-state index contributed by atoms with van der Waals surface area (Å²) in [5.74, 6) is -2.58. The van der Waals surface area contributed by atoms with Crippen LogP contribution in [0.3, 0.4) is 0 Å². The van der Waals surface area contributed by atoms with E-state index in [4.69, 9.17) is 5.73 Å². The van der Waals surface area contributed by atoms with E-state index in [-0.39, 0.29) is 36.1 Å². The molecule has 2 rings (SSSR count). The Kier molecular flexibility index (Phi) is 6.02. The highest BCUT2D eigenvalue weighted by atomic mass is 19.4. The lowest BCUT2D eigenvalue weighted by Crippen LogP contribution is -2.41. The van der Waals surface area contributed by atoms with E-state index in [0.29, 0.717) is 0 Å². The third kappa shape index (κ3) is 4.04. The molecular formula is C19H21F3N2O2. The van der Waals surface area contributed by atoms with Crippen molar-refractivity contribution >= 4 is 11.8 Å². The Balaban J connectivity index is 2.14. The number of halogens is 3. The molecule has 0 saturated carbocycles. The van der Waals surface area contributed by atoms with Crippen molar-refractivity contribution in [2.75, 3.05) is 6.54 Å². The Bertz CT molecular complexity index is 706. The molecule has 0 saturated heterocycles. The molecule has 1 aromatic carbocycles. The number of fused-ring (bicyclic) bond motifs is 1. The number of imide groups is 1. The molecule has 1 aliphatic rings. The smallest absolute Gasteiger partial charge is 0.326 e. The maximum absolute atomic E-state index is 13.2. The average molecular weight is 366 g/mol. The molecule has 0 radical (unpaired) electrons. The normalized spacial score (nSPS) is 17.3. The molecule has 2 atom stereocenters. The fourth-order valence-corrected chi connectivity index (χ4v) is 3.19. The Morgan fingerprint density at radius 1 is 1.23 bits per heavy atom. The van der Waals surface area contributed by atoms with Gasteiger partial charge in [-0.3, -0.25) is 14.5 Å². The van der Waals surface area contributed by atoms with Crippen LogP contribution >= 0.6 is 0 Å². The quantitative estimate of drug-likeness (QED) is 0.591. The summed E-state index contributed by atoms with van der Waals surface area (Å²) in [6.45, 7) is 4.76. The summed E-state index contributed by atoms with van der Waals surface area (Å²) in [5, 5.41) is 0. The number of alkyl halides is 3. The molecule has 26 heavy (non-hydrogen) atoms. The van der Waals surface area contributed by atoms with Gasteiger partial charge in [0.25, 0.3) is 11.8 Å². The van der Waals surface area contributed by atoms with Crippen molar-refractivity contribution in [2.24, 2.45) is 11.7 Å². The average Bonchev–Trinajstić information content (AvgIpc) is 2.80. The second-order valence-corrected chi connectivity index (χ2v) is 6.21. The van der Waals surface area contributed by atoms with Crippen molar-refractivity contribution in [2.45, 2.75) is 32.0 Å². The van der Waals surface area contributed by atoms with Crippen molar-refractivity contribution in [3.63, 3.8) is 0 Å². The first-order valence-electron chi connectivity index (χ1n) is 8.29. The van der Waals surface area contributed by atoms with Crippen LogP contribution in [0.5, 0.6) is 0 Å². The molecule has 0 unspecified atom stereocenters. The fourth-order valence-electron chi connectivity index (χ4n) is 3.19. The molecule has 1 aliphatic heterocycles. The van der Waals surface area contributed by atoms with E-state index in [1.807, 2.05) is 0 Å². The number of rotatable bonds is 7. The van der Waals surface area contributed by atoms with Gasteiger partial charge in [0, 0.05) is 12.6 Å². The minimum atomic E-state index is -4.39. The molecule has 1 heterocycles. The molecule has 0 aliphatic carbocycles. The molecule has 2 amide bonds. The molecular weight excluding hydrogens is 345 g/mol. The van der Waals surface area contributed by atoms with Crippen LogP contribution in [0.4, 0.5) is 13.2 Å². The van der Waals surface area contributed by atoms with Gasteiger partial charge in [-0.1, -0.05) is 43.4 Å². The lowest BCUT2D eigenvalue weighted by atomic mass is 9.90. The lowest BCUT2D eigenvalue weighted by Gasteiger charge is -2.25. The third-order valence-corrected chi connectivity index (χ3v) is 4.38. The molecule has 140 valence electrons. The number of carbonyl (C=O) groups is 2. The molecule has 2 N–H and O–H groups in total. The van der Waals surface area contributed by atoms with Gasteiger partial charge >= 0.3 is 6.18 Å². The molecule has 0 spiro atoms. The van der Waals surface area contributed by atoms with E-state index >= 15 is 0 Å². The van der Waals surface area contributed by atoms with Crippen LogP contribution in [-0.2, 0) is 0 Å². The lowest BCUT2D eigenvalue weighted by molar-refractivity contribution is -0.165. The van der Waals surface area contributed by atoms with Crippen LogP contribution in [0.25, 0.3) is 0 Å². The van der Waals surface area contributed by atoms with E-state index in [1.54, 1.807) is 24.3 Å². The van der Waals surface area contributed by atoms with Gasteiger partial charge in [0.15, 0.2) is 0 Å². The molecule has 0 bridgehead atoms. The Labute approximate surface area is 150 Å². The predicted molar refractivity (Wildman–Crippen MR) is 92.5 cm³/mol. The predicted octanol–water partition coefficient (Wildman–Crippen LogP) is 3.70. The van der Waals surface area contributed by atoms with Crippen LogP contribution in [-0.4, -0.2) is 35.5 Å². The van der Waals surface area contributed by atoms with E-state index in [0.717, 1.165) is 4.90 Å². The largest absolute Gasteiger partial charge is 0.395 e. The summed E-state index contributed by atoms with van der Waals surface area (Å²) in [7, 11) is 0. The van der Waals surface area contributed by atoms with E-state index in [2.05, 4.69) is 6.58 Å². The second-order valence-electron chi connectivity index (χ2n) is 6.21. The molecule has 0 aromatic heterocycles. The first kappa shape index (κ1) is 19.9. The van der Waals surface area contributed by atoms with Gasteiger partial charge in [-0.05, 0) is 25.0 Å². The van der Waals surface area contributed by atoms with Crippen LogP contribution in [0.15, 0.2) is 48.6 Å². The second kappa shape index (κ2) is 7.86. The summed E-state index contributed by atoms with van der Waals surface area (Å²) >= 11 is 0. The highest BCUT2D eigenvalue weighted by Crippen LogP contribution is 2.36. The minimum absolute atomic E-state index is 0.0859. The molecule has 4 nitrogen and oxygen atoms in total. The van der Waals surface area contributed by atoms with Gasteiger partial charge in [-0.25, -0.2) is 0 Å². The zero-order valence-electron chi connectivity index (χ0n) is 14.4. The molecule has 1 aromatic rings. The van der Waals surface area contributed by atoms with E-state index in [9.17, 15) is 22.8 Å². The maximum Gasteiger partial charge on any atom is 0.395 e. The summed E-state index contributed by atoms with van der Waals surface area (Å²) in [5.41, 5.74) is 6.66. The number of amides is 2. The van der Waals surface area contributed by atoms with Crippen LogP contribution in [0, 0.1) is 5.92 Å². The Hall–Kier alpha value is -2.41. The zero-order valence-corrected chi connectivity index (χ0v) is 14.4. The minimum Gasteiger partial charge on any atom is -0.326 e. The van der Waals surface area contributed by atoms with Crippen molar-refractivity contribution in [3.05, 3.63) is 59.7 Å². The number of nitrogens with two attached hydrogens (primary N) is 1. The van der Waals surface area contributed by atoms with E-state index < -0.39 is 30.0 Å². The number of benzene rings is 1. The van der Waals surface area contributed by atoms with Crippen LogP contribution < -0.4 is 5.73 Å². The van der Waals surface area contributed by atoms with Gasteiger partial charge in [-0.2, -0.15) is 13.2 Å². The number of hydrogen-bond donors (Lipinski definition) is 1. The summed E-state index contributed by atoms with van der Waals surface area (Å²) in [4.78, 5) is 25.7. The van der Waals surface area contributed by atoms with Crippen molar-refractivity contribution in [1.29, 1.82) is 0 Å². The first-order chi connectivity index (χ1) is 12.2. The number of hydrogen-bond acceptors (Lipinski definition) is 3. The van der Waals surface area contributed by atoms with Crippen molar-refractivity contribution in [3.8, 4) is 0 Å². The van der Waals surface area contributed by atoms with Crippen LogP contribution in [0.1, 0.15) is 40.5 Å². The van der Waals surface area contributed by atoms with Crippen molar-refractivity contribution < 1.29 is 22.8 Å². The topological polar surface area (TPSA) is 63.4 Å². The summed E-state index contributed by atoms with van der Waals surface area (Å²) in [6, 6.07) is 5.57. The highest BCUT2D eigenvalue weighted by molar-refractivity contribution is 6.21. The van der Waals surface area contributed by atoms with Gasteiger partial charge < -0.3 is 5.73 Å². The number of nitrogens with zero attached hydrogens (tertiary/aromatic N) is 1. The van der Waals surface area contributed by atoms with Crippen molar-refractivity contribution in [1.82, 2.24) is 4.90 Å². The first-order valence-corrected chi connectivity index (χ1v) is 8.29. The third-order valence-electron chi connectivity index (χ3n) is 4.38. The van der Waals surface area contributed by atoms with Gasteiger partial charge in [0.1, 0.15) is 0 Å². The molecule has 7 heteroatoms. The standard InChI is InChI=1S/C19H21F3N2O2/c1-3-7-12(16(4-2)19(20,21)22)10-13(23)11-24-17(25)14-8-5-6-9-15(14)18(24)26/h3,5-9,13,16H,1,4,10-11,23H2,2H3/b12-7+/t13-,16-/m0/s1. The Morgan fingerprint density at radius 2 is 1.77 bits per heavy atom. The number of allylic oxidation sites excluding steroid dienone is 2. The monoisotopic (exact) mass is 366 g/mol. The van der Waals surface area contributed by atoms with Gasteiger partial charge in [0.05, 0.1) is 17.0 Å². The highest BCUT2D eigenvalue weighted by Gasteiger charge is 2.41. The number of carbonyl (C=O) groups excluding carboxylic acids is 2. The van der Waals surface area contributed by atoms with Crippen LogP contribution in [0.2, 0.25) is 0 Å². The fraction of sp³-hybridized carbons (Fsp3) is 0.368. The summed E-state index contributed by atoms with van der Waals surface area (Å²) in [6.07, 6.45) is -2.00. The van der Waals surface area contributed by atoms with E-state index in [1.165, 1.54) is 19.1 Å². The summed E-state index contributed by atoms with van der Waals surface area (Å²) < 4.78 is 39.7.